The first-order chi connectivity index (χ1) is 15.6. The number of aliphatic hydroxyl groups is 1. The Morgan fingerprint density at radius 2 is 1.16 bits per heavy atom. The van der Waals surface area contributed by atoms with E-state index < -0.39 is 6.10 Å². The second kappa shape index (κ2) is 24.3. The largest absolute Gasteiger partial charge is 0.462 e. The van der Waals surface area contributed by atoms with Crippen molar-refractivity contribution < 1.29 is 24.2 Å². The summed E-state index contributed by atoms with van der Waals surface area (Å²) < 4.78 is 10.3. The zero-order valence-corrected chi connectivity index (χ0v) is 21.0. The van der Waals surface area contributed by atoms with Crippen molar-refractivity contribution in [3.05, 3.63) is 12.2 Å². The highest BCUT2D eigenvalue weighted by atomic mass is 16.6. The fourth-order valence-corrected chi connectivity index (χ4v) is 3.49. The number of unbranched alkanes of at least 4 members (excludes halogenated alkanes) is 13. The molecule has 0 aliphatic rings. The quantitative estimate of drug-likeness (QED) is 0.102. The molecule has 0 aliphatic carbocycles. The van der Waals surface area contributed by atoms with Crippen molar-refractivity contribution in [3.8, 4) is 0 Å². The molecule has 0 radical (unpaired) electrons. The Morgan fingerprint density at radius 1 is 0.688 bits per heavy atom. The Morgan fingerprint density at radius 3 is 1.75 bits per heavy atom. The summed E-state index contributed by atoms with van der Waals surface area (Å²) in [5, 5.41) is 9.30. The highest BCUT2D eigenvalue weighted by Crippen LogP contribution is 2.10. The highest BCUT2D eigenvalue weighted by molar-refractivity contribution is 5.70. The lowest BCUT2D eigenvalue weighted by molar-refractivity contribution is -0.161. The van der Waals surface area contributed by atoms with E-state index in [1.54, 1.807) is 0 Å². The second-order valence-electron chi connectivity index (χ2n) is 8.77. The molecule has 0 fully saturated rings. The average Bonchev–Trinajstić information content (AvgIpc) is 2.79. The number of rotatable bonds is 23. The van der Waals surface area contributed by atoms with Crippen LogP contribution in [0.4, 0.5) is 0 Å². The summed E-state index contributed by atoms with van der Waals surface area (Å²) in [5.74, 6) is -0.631. The van der Waals surface area contributed by atoms with Crippen molar-refractivity contribution in [2.45, 2.75) is 136 Å². The van der Waals surface area contributed by atoms with Crippen molar-refractivity contribution in [1.29, 1.82) is 0 Å². The van der Waals surface area contributed by atoms with Gasteiger partial charge in [0.25, 0.3) is 0 Å². The van der Waals surface area contributed by atoms with Gasteiger partial charge in [-0.15, -0.1) is 0 Å². The predicted molar refractivity (Wildman–Crippen MR) is 132 cm³/mol. The van der Waals surface area contributed by atoms with Gasteiger partial charge in [-0.2, -0.15) is 0 Å². The number of carbonyl (C=O) groups excluding carboxylic acids is 2. The van der Waals surface area contributed by atoms with Crippen LogP contribution in [0.3, 0.4) is 0 Å². The van der Waals surface area contributed by atoms with Gasteiger partial charge in [0.2, 0.25) is 0 Å². The summed E-state index contributed by atoms with van der Waals surface area (Å²) in [6, 6.07) is 0. The van der Waals surface area contributed by atoms with Gasteiger partial charge in [-0.25, -0.2) is 0 Å². The molecule has 0 aromatic heterocycles. The summed E-state index contributed by atoms with van der Waals surface area (Å²) in [6.45, 7) is 3.92. The SMILES string of the molecule is CCCCCCCC/C=C\CCCCCCCC(=O)OCC(CO)OC(=O)CCCCC. The van der Waals surface area contributed by atoms with Crippen LogP contribution in [0.1, 0.15) is 129 Å². The first-order valence-electron chi connectivity index (χ1n) is 13.2. The minimum absolute atomic E-state index is 0.0695. The minimum Gasteiger partial charge on any atom is -0.462 e. The van der Waals surface area contributed by atoms with Crippen LogP contribution < -0.4 is 0 Å². The number of carbonyl (C=O) groups is 2. The van der Waals surface area contributed by atoms with Crippen LogP contribution in [0.2, 0.25) is 0 Å². The molecule has 0 aromatic rings. The lowest BCUT2D eigenvalue weighted by atomic mass is 10.1. The molecule has 0 rings (SSSR count). The third-order valence-electron chi connectivity index (χ3n) is 5.56. The first kappa shape index (κ1) is 30.6. The van der Waals surface area contributed by atoms with Gasteiger partial charge >= 0.3 is 11.9 Å². The number of ether oxygens (including phenoxy) is 2. The van der Waals surface area contributed by atoms with Gasteiger partial charge in [-0.3, -0.25) is 9.59 Å². The molecular weight excluding hydrogens is 404 g/mol. The van der Waals surface area contributed by atoms with E-state index in [4.69, 9.17) is 9.47 Å². The van der Waals surface area contributed by atoms with Gasteiger partial charge in [0.15, 0.2) is 6.10 Å². The van der Waals surface area contributed by atoms with Gasteiger partial charge < -0.3 is 14.6 Å². The van der Waals surface area contributed by atoms with E-state index in [2.05, 4.69) is 26.0 Å². The summed E-state index contributed by atoms with van der Waals surface area (Å²) in [7, 11) is 0. The maximum atomic E-state index is 11.8. The molecule has 0 saturated carbocycles. The molecule has 0 heterocycles. The smallest absolute Gasteiger partial charge is 0.306 e. The molecule has 1 N–H and O–H groups in total. The number of esters is 2. The first-order valence-corrected chi connectivity index (χ1v) is 13.2. The molecule has 0 saturated heterocycles. The molecular formula is C27H50O5. The zero-order chi connectivity index (χ0) is 23.7. The third-order valence-corrected chi connectivity index (χ3v) is 5.56. The van der Waals surface area contributed by atoms with Crippen molar-refractivity contribution in [1.82, 2.24) is 0 Å². The molecule has 0 aliphatic heterocycles. The van der Waals surface area contributed by atoms with Crippen molar-refractivity contribution >= 4 is 11.9 Å². The molecule has 1 unspecified atom stereocenters. The molecule has 1 atom stereocenters. The van der Waals surface area contributed by atoms with Gasteiger partial charge in [0.1, 0.15) is 6.61 Å². The summed E-state index contributed by atoms with van der Waals surface area (Å²) in [4.78, 5) is 23.5. The Labute approximate surface area is 197 Å². The van der Waals surface area contributed by atoms with Gasteiger partial charge in [0, 0.05) is 12.8 Å². The number of aliphatic hydroxyl groups excluding tert-OH is 1. The van der Waals surface area contributed by atoms with E-state index in [0.29, 0.717) is 12.8 Å². The Hall–Kier alpha value is -1.36. The Kier molecular flexibility index (Phi) is 23.3. The van der Waals surface area contributed by atoms with E-state index >= 15 is 0 Å². The van der Waals surface area contributed by atoms with Gasteiger partial charge in [-0.05, 0) is 38.5 Å². The number of hydrogen-bond acceptors (Lipinski definition) is 5. The van der Waals surface area contributed by atoms with Crippen LogP contribution >= 0.6 is 0 Å². The van der Waals surface area contributed by atoms with Crippen LogP contribution in [0, 0.1) is 0 Å². The maximum Gasteiger partial charge on any atom is 0.306 e. The Balaban J connectivity index is 3.53. The predicted octanol–water partition coefficient (Wildman–Crippen LogP) is 7.05. The summed E-state index contributed by atoms with van der Waals surface area (Å²) in [5.41, 5.74) is 0. The lowest BCUT2D eigenvalue weighted by Gasteiger charge is -2.15. The number of hydrogen-bond donors (Lipinski definition) is 1. The molecule has 0 aromatic carbocycles. The Bertz CT molecular complexity index is 461. The molecule has 0 amide bonds. The zero-order valence-electron chi connectivity index (χ0n) is 21.0. The maximum absolute atomic E-state index is 11.8. The normalized spacial score (nSPS) is 12.2. The molecule has 32 heavy (non-hydrogen) atoms. The molecule has 5 heteroatoms. The van der Waals surface area contributed by atoms with Crippen LogP contribution in [0.15, 0.2) is 12.2 Å². The van der Waals surface area contributed by atoms with Crippen molar-refractivity contribution in [2.24, 2.45) is 0 Å². The summed E-state index contributed by atoms with van der Waals surface area (Å²) in [6.07, 6.45) is 23.2. The third kappa shape index (κ3) is 21.9. The van der Waals surface area contributed by atoms with Crippen molar-refractivity contribution in [2.75, 3.05) is 13.2 Å². The highest BCUT2D eigenvalue weighted by Gasteiger charge is 2.15. The summed E-state index contributed by atoms with van der Waals surface area (Å²) >= 11 is 0. The van der Waals surface area contributed by atoms with Gasteiger partial charge in [0.05, 0.1) is 6.61 Å². The van der Waals surface area contributed by atoms with E-state index in [-0.39, 0.29) is 25.2 Å². The van der Waals surface area contributed by atoms with Crippen LogP contribution in [-0.2, 0) is 19.1 Å². The van der Waals surface area contributed by atoms with E-state index in [9.17, 15) is 14.7 Å². The minimum atomic E-state index is -0.762. The fourth-order valence-electron chi connectivity index (χ4n) is 3.49. The van der Waals surface area contributed by atoms with Gasteiger partial charge in [-0.1, -0.05) is 90.2 Å². The fraction of sp³-hybridized carbons (Fsp3) is 0.852. The monoisotopic (exact) mass is 454 g/mol. The van der Waals surface area contributed by atoms with E-state index in [1.807, 2.05) is 0 Å². The molecule has 0 bridgehead atoms. The van der Waals surface area contributed by atoms with Crippen LogP contribution in [0.5, 0.6) is 0 Å². The van der Waals surface area contributed by atoms with E-state index in [1.165, 1.54) is 57.8 Å². The number of allylic oxidation sites excluding steroid dienone is 2. The van der Waals surface area contributed by atoms with Crippen molar-refractivity contribution in [3.63, 3.8) is 0 Å². The average molecular weight is 455 g/mol. The van der Waals surface area contributed by atoms with Crippen LogP contribution in [0.25, 0.3) is 0 Å². The molecule has 0 spiro atoms. The molecule has 5 nitrogen and oxygen atoms in total. The van der Waals surface area contributed by atoms with E-state index in [0.717, 1.165) is 44.9 Å². The standard InChI is InChI=1S/C27H50O5/c1-3-5-7-8-9-10-11-12-13-14-15-16-17-18-20-21-26(29)31-24-25(23-28)32-27(30)22-19-6-4-2/h12-13,25,28H,3-11,14-24H2,1-2H3/b13-12-. The second-order valence-corrected chi connectivity index (χ2v) is 8.77. The molecule has 188 valence electrons. The topological polar surface area (TPSA) is 72.8 Å². The lowest BCUT2D eigenvalue weighted by Crippen LogP contribution is -2.28. The van der Waals surface area contributed by atoms with Crippen LogP contribution in [-0.4, -0.2) is 36.4 Å².